The first-order chi connectivity index (χ1) is 11.1. The van der Waals surface area contributed by atoms with E-state index in [1.807, 2.05) is 0 Å². The van der Waals surface area contributed by atoms with Gasteiger partial charge < -0.3 is 19.9 Å². The first-order valence-electron chi connectivity index (χ1n) is 6.87. The summed E-state index contributed by atoms with van der Waals surface area (Å²) in [6.07, 6.45) is 1.48. The van der Waals surface area contributed by atoms with Crippen molar-refractivity contribution in [2.75, 3.05) is 25.6 Å². The lowest BCUT2D eigenvalue weighted by molar-refractivity contribution is -0.137. The third-order valence-electron chi connectivity index (χ3n) is 2.85. The third-order valence-corrected chi connectivity index (χ3v) is 2.85. The number of carbonyl (C=O) groups is 2. The van der Waals surface area contributed by atoms with Gasteiger partial charge in [0.1, 0.15) is 18.9 Å². The number of ether oxygens (including phenoxy) is 2. The summed E-state index contributed by atoms with van der Waals surface area (Å²) in [6.45, 7) is 0.660. The second-order valence-corrected chi connectivity index (χ2v) is 4.61. The molecule has 1 amide bonds. The van der Waals surface area contributed by atoms with Gasteiger partial charge in [0.05, 0.1) is 6.61 Å². The van der Waals surface area contributed by atoms with E-state index in [9.17, 15) is 9.59 Å². The summed E-state index contributed by atoms with van der Waals surface area (Å²) in [5, 5.41) is 15.2. The molecule has 23 heavy (non-hydrogen) atoms. The van der Waals surface area contributed by atoms with Gasteiger partial charge in [-0.25, -0.2) is 0 Å². The van der Waals surface area contributed by atoms with Crippen LogP contribution in [0.5, 0.6) is 5.75 Å². The van der Waals surface area contributed by atoms with E-state index in [1.165, 1.54) is 16.9 Å². The number of hydrogen-bond donors (Lipinski definition) is 2. The van der Waals surface area contributed by atoms with Gasteiger partial charge in [-0.2, -0.15) is 5.10 Å². The molecule has 8 nitrogen and oxygen atoms in total. The summed E-state index contributed by atoms with van der Waals surface area (Å²) >= 11 is 0. The average Bonchev–Trinajstić information content (AvgIpc) is 2.94. The summed E-state index contributed by atoms with van der Waals surface area (Å²) in [5.74, 6) is -0.412. The van der Waals surface area contributed by atoms with Crippen LogP contribution in [0, 0.1) is 0 Å². The zero-order chi connectivity index (χ0) is 16.7. The molecule has 2 rings (SSSR count). The van der Waals surface area contributed by atoms with Gasteiger partial charge in [0.15, 0.2) is 5.82 Å². The maximum atomic E-state index is 12.1. The molecule has 1 aromatic heterocycles. The van der Waals surface area contributed by atoms with Crippen molar-refractivity contribution >= 4 is 17.7 Å². The van der Waals surface area contributed by atoms with Gasteiger partial charge in [0, 0.05) is 24.9 Å². The van der Waals surface area contributed by atoms with Crippen LogP contribution in [0.2, 0.25) is 0 Å². The monoisotopic (exact) mass is 319 g/mol. The Bertz CT molecular complexity index is 666. The van der Waals surface area contributed by atoms with Crippen LogP contribution in [0.4, 0.5) is 5.82 Å². The van der Waals surface area contributed by atoms with Crippen LogP contribution in [0.15, 0.2) is 36.5 Å². The second kappa shape index (κ2) is 7.95. The molecule has 0 saturated heterocycles. The standard InChI is InChI=1S/C15H17N3O5/c1-22-8-9-23-12-4-2-11(3-5-12)15(21)16-13-6-7-18(17-13)10-14(19)20/h2-7H,8-10H2,1H3,(H,19,20)(H,16,17,21). The number of amides is 1. The minimum absolute atomic E-state index is 0.261. The van der Waals surface area contributed by atoms with Crippen LogP contribution in [-0.4, -0.2) is 47.1 Å². The summed E-state index contributed by atoms with van der Waals surface area (Å²) < 4.78 is 11.5. The highest BCUT2D eigenvalue weighted by atomic mass is 16.5. The van der Waals surface area contributed by atoms with Crippen LogP contribution >= 0.6 is 0 Å². The molecule has 0 aliphatic heterocycles. The molecule has 0 bridgehead atoms. The highest BCUT2D eigenvalue weighted by molar-refractivity contribution is 6.03. The van der Waals surface area contributed by atoms with Crippen molar-refractivity contribution in [1.82, 2.24) is 9.78 Å². The number of aromatic nitrogens is 2. The maximum absolute atomic E-state index is 12.1. The largest absolute Gasteiger partial charge is 0.491 e. The molecule has 0 spiro atoms. The fraction of sp³-hybridized carbons (Fsp3) is 0.267. The van der Waals surface area contributed by atoms with Crippen molar-refractivity contribution in [2.45, 2.75) is 6.54 Å². The second-order valence-electron chi connectivity index (χ2n) is 4.61. The molecule has 2 aromatic rings. The van der Waals surface area contributed by atoms with E-state index in [-0.39, 0.29) is 18.3 Å². The fourth-order valence-electron chi connectivity index (χ4n) is 1.79. The topological polar surface area (TPSA) is 103 Å². The molecule has 0 aliphatic carbocycles. The number of aliphatic carboxylic acids is 1. The average molecular weight is 319 g/mol. The van der Waals surface area contributed by atoms with Crippen LogP contribution in [-0.2, 0) is 16.1 Å². The van der Waals surface area contributed by atoms with Gasteiger partial charge in [-0.15, -0.1) is 0 Å². The Morgan fingerprint density at radius 2 is 1.96 bits per heavy atom. The van der Waals surface area contributed by atoms with Crippen molar-refractivity contribution in [3.63, 3.8) is 0 Å². The summed E-state index contributed by atoms with van der Waals surface area (Å²) in [6, 6.07) is 8.17. The van der Waals surface area contributed by atoms with Gasteiger partial charge in [-0.3, -0.25) is 14.3 Å². The maximum Gasteiger partial charge on any atom is 0.325 e. The molecule has 0 atom stereocenters. The number of nitrogens with zero attached hydrogens (tertiary/aromatic N) is 2. The molecule has 2 N–H and O–H groups in total. The van der Waals surface area contributed by atoms with E-state index in [0.29, 0.717) is 24.5 Å². The van der Waals surface area contributed by atoms with E-state index in [2.05, 4.69) is 10.4 Å². The van der Waals surface area contributed by atoms with Gasteiger partial charge in [-0.05, 0) is 24.3 Å². The molecule has 1 aromatic carbocycles. The van der Waals surface area contributed by atoms with Gasteiger partial charge in [0.25, 0.3) is 5.91 Å². The SMILES string of the molecule is COCCOc1ccc(C(=O)Nc2ccn(CC(=O)O)n2)cc1. The number of carboxylic acids is 1. The Balaban J connectivity index is 1.92. The number of benzene rings is 1. The first-order valence-corrected chi connectivity index (χ1v) is 6.87. The minimum atomic E-state index is -1.00. The predicted molar refractivity (Wildman–Crippen MR) is 81.6 cm³/mol. The lowest BCUT2D eigenvalue weighted by Gasteiger charge is -2.06. The van der Waals surface area contributed by atoms with Crippen molar-refractivity contribution in [3.8, 4) is 5.75 Å². The fourth-order valence-corrected chi connectivity index (χ4v) is 1.79. The van der Waals surface area contributed by atoms with Crippen molar-refractivity contribution in [2.24, 2.45) is 0 Å². The summed E-state index contributed by atoms with van der Waals surface area (Å²) in [4.78, 5) is 22.7. The van der Waals surface area contributed by atoms with Crippen molar-refractivity contribution in [3.05, 3.63) is 42.1 Å². The molecule has 122 valence electrons. The minimum Gasteiger partial charge on any atom is -0.491 e. The molecule has 8 heteroatoms. The lowest BCUT2D eigenvalue weighted by Crippen LogP contribution is -2.14. The van der Waals surface area contributed by atoms with E-state index >= 15 is 0 Å². The predicted octanol–water partition coefficient (Wildman–Crippen LogP) is 1.25. The number of carbonyl (C=O) groups excluding carboxylic acids is 1. The van der Waals surface area contributed by atoms with Crippen LogP contribution in [0.25, 0.3) is 0 Å². The summed E-state index contributed by atoms with van der Waals surface area (Å²) in [7, 11) is 1.59. The Labute approximate surface area is 132 Å². The number of anilines is 1. The molecule has 0 saturated carbocycles. The quantitative estimate of drug-likeness (QED) is 0.710. The van der Waals surface area contributed by atoms with Gasteiger partial charge >= 0.3 is 5.97 Å². The normalized spacial score (nSPS) is 10.3. The molecule has 0 radical (unpaired) electrons. The Kier molecular flexibility index (Phi) is 5.70. The first kappa shape index (κ1) is 16.5. The number of methoxy groups -OCH3 is 1. The zero-order valence-corrected chi connectivity index (χ0v) is 12.6. The highest BCUT2D eigenvalue weighted by Gasteiger charge is 2.09. The van der Waals surface area contributed by atoms with Crippen LogP contribution < -0.4 is 10.1 Å². The van der Waals surface area contributed by atoms with E-state index in [0.717, 1.165) is 0 Å². The molecule has 0 unspecified atom stereocenters. The Morgan fingerprint density at radius 3 is 2.61 bits per heavy atom. The van der Waals surface area contributed by atoms with E-state index < -0.39 is 5.97 Å². The summed E-state index contributed by atoms with van der Waals surface area (Å²) in [5.41, 5.74) is 0.442. The Morgan fingerprint density at radius 1 is 1.22 bits per heavy atom. The lowest BCUT2D eigenvalue weighted by atomic mass is 10.2. The van der Waals surface area contributed by atoms with Crippen molar-refractivity contribution < 1.29 is 24.2 Å². The van der Waals surface area contributed by atoms with Crippen LogP contribution in [0.3, 0.4) is 0 Å². The van der Waals surface area contributed by atoms with Gasteiger partial charge in [-0.1, -0.05) is 0 Å². The van der Waals surface area contributed by atoms with E-state index in [1.54, 1.807) is 31.4 Å². The highest BCUT2D eigenvalue weighted by Crippen LogP contribution is 2.13. The molecular weight excluding hydrogens is 302 g/mol. The molecule has 1 heterocycles. The number of nitrogens with one attached hydrogen (secondary N) is 1. The zero-order valence-electron chi connectivity index (χ0n) is 12.6. The smallest absolute Gasteiger partial charge is 0.325 e. The van der Waals surface area contributed by atoms with Crippen molar-refractivity contribution in [1.29, 1.82) is 0 Å². The van der Waals surface area contributed by atoms with E-state index in [4.69, 9.17) is 14.6 Å². The third kappa shape index (κ3) is 5.11. The molecule has 0 fully saturated rings. The molecule has 0 aliphatic rings. The number of carboxylic acid groups (broad SMARTS) is 1. The molecular formula is C15H17N3O5. The van der Waals surface area contributed by atoms with Crippen LogP contribution in [0.1, 0.15) is 10.4 Å². The number of hydrogen-bond acceptors (Lipinski definition) is 5. The van der Waals surface area contributed by atoms with Gasteiger partial charge in [0.2, 0.25) is 0 Å². The Hall–Kier alpha value is -2.87. The number of rotatable bonds is 8.